The molecular weight excluding hydrogens is 432 g/mol. The van der Waals surface area contributed by atoms with E-state index in [2.05, 4.69) is 31.3 Å². The summed E-state index contributed by atoms with van der Waals surface area (Å²) in [4.78, 5) is 17.6. The van der Waals surface area contributed by atoms with Crippen LogP contribution < -0.4 is 10.1 Å². The summed E-state index contributed by atoms with van der Waals surface area (Å²) in [5.74, 6) is 1.05. The highest BCUT2D eigenvalue weighted by Crippen LogP contribution is 2.42. The maximum absolute atomic E-state index is 13.3. The van der Waals surface area contributed by atoms with Gasteiger partial charge in [-0.05, 0) is 48.2 Å². The molecule has 6 nitrogen and oxygen atoms in total. The molecule has 0 unspecified atom stereocenters. The molecule has 0 atom stereocenters. The van der Waals surface area contributed by atoms with Crippen molar-refractivity contribution < 1.29 is 9.53 Å². The van der Waals surface area contributed by atoms with Gasteiger partial charge in [0.1, 0.15) is 12.1 Å². The molecule has 1 saturated carbocycles. The van der Waals surface area contributed by atoms with E-state index in [0.29, 0.717) is 12.5 Å². The number of nitrogens with zero attached hydrogens (tertiary/aromatic N) is 3. The van der Waals surface area contributed by atoms with Crippen LogP contribution in [0.25, 0.3) is 0 Å². The third-order valence-corrected chi connectivity index (χ3v) is 6.06. The maximum Gasteiger partial charge on any atom is 0.248 e. The summed E-state index contributed by atoms with van der Waals surface area (Å²) in [7, 11) is 1.64. The minimum absolute atomic E-state index is 0.0513. The fraction of sp³-hybridized carbons (Fsp3) is 0.318. The Kier molecular flexibility index (Phi) is 5.67. The Bertz CT molecular complexity index is 994. The van der Waals surface area contributed by atoms with E-state index < -0.39 is 5.41 Å². The van der Waals surface area contributed by atoms with Gasteiger partial charge >= 0.3 is 0 Å². The zero-order valence-electron chi connectivity index (χ0n) is 16.3. The number of amides is 1. The molecule has 1 aliphatic rings. The average molecular weight is 455 g/mol. The zero-order valence-corrected chi connectivity index (χ0v) is 17.9. The first-order valence-electron chi connectivity index (χ1n) is 9.69. The van der Waals surface area contributed by atoms with E-state index in [9.17, 15) is 4.79 Å². The van der Waals surface area contributed by atoms with E-state index in [-0.39, 0.29) is 5.91 Å². The quantitative estimate of drug-likeness (QED) is 0.592. The Morgan fingerprint density at radius 3 is 2.69 bits per heavy atom. The van der Waals surface area contributed by atoms with E-state index in [1.165, 1.54) is 0 Å². The lowest BCUT2D eigenvalue weighted by molar-refractivity contribution is -0.121. The van der Waals surface area contributed by atoms with Crippen molar-refractivity contribution in [2.75, 3.05) is 12.4 Å². The molecule has 29 heavy (non-hydrogen) atoms. The molecule has 1 aromatic heterocycles. The molecular formula is C22H23BrN4O2. The molecule has 0 spiro atoms. The molecule has 7 heteroatoms. The van der Waals surface area contributed by atoms with Crippen LogP contribution in [0.15, 0.2) is 59.3 Å². The standard InChI is InChI=1S/C22H23BrN4O2/c1-29-19-6-4-5-17(13-19)22(11-2-3-12-22)20(28)25-21-24-15-27(26-21)14-16-7-9-18(23)10-8-16/h4-10,13,15H,2-3,11-12,14H2,1H3,(H,25,26,28). The summed E-state index contributed by atoms with van der Waals surface area (Å²) in [6, 6.07) is 15.8. The third-order valence-electron chi connectivity index (χ3n) is 5.53. The SMILES string of the molecule is COc1cccc(C2(C(=O)Nc3ncn(Cc4ccc(Br)cc4)n3)CCCC2)c1. The lowest BCUT2D eigenvalue weighted by Gasteiger charge is -2.28. The second-order valence-corrected chi connectivity index (χ2v) is 8.28. The van der Waals surface area contributed by atoms with Gasteiger partial charge in [0.05, 0.1) is 19.1 Å². The van der Waals surface area contributed by atoms with Gasteiger partial charge in [-0.15, -0.1) is 5.10 Å². The molecule has 1 heterocycles. The van der Waals surface area contributed by atoms with Gasteiger partial charge in [0.25, 0.3) is 0 Å². The molecule has 2 aromatic carbocycles. The first kappa shape index (κ1) is 19.6. The summed E-state index contributed by atoms with van der Waals surface area (Å²) in [6.07, 6.45) is 5.31. The third kappa shape index (κ3) is 4.19. The van der Waals surface area contributed by atoms with Gasteiger partial charge in [-0.2, -0.15) is 0 Å². The number of aromatic nitrogens is 3. The van der Waals surface area contributed by atoms with Crippen LogP contribution in [-0.4, -0.2) is 27.8 Å². The van der Waals surface area contributed by atoms with Crippen LogP contribution in [-0.2, 0) is 16.8 Å². The molecule has 3 aromatic rings. The number of benzene rings is 2. The number of halogens is 1. The Balaban J connectivity index is 1.51. The van der Waals surface area contributed by atoms with E-state index in [0.717, 1.165) is 47.0 Å². The molecule has 1 fully saturated rings. The lowest BCUT2D eigenvalue weighted by atomic mass is 9.78. The number of anilines is 1. The van der Waals surface area contributed by atoms with Crippen LogP contribution in [0, 0.1) is 0 Å². The molecule has 0 bridgehead atoms. The lowest BCUT2D eigenvalue weighted by Crippen LogP contribution is -2.38. The van der Waals surface area contributed by atoms with Crippen molar-refractivity contribution in [3.05, 3.63) is 70.5 Å². The molecule has 0 aliphatic heterocycles. The Morgan fingerprint density at radius 2 is 1.97 bits per heavy atom. The van der Waals surface area contributed by atoms with E-state index >= 15 is 0 Å². The zero-order chi connectivity index (χ0) is 20.3. The van der Waals surface area contributed by atoms with E-state index in [1.807, 2.05) is 48.5 Å². The molecule has 1 aliphatic carbocycles. The Labute approximate surface area is 178 Å². The number of methoxy groups -OCH3 is 1. The Morgan fingerprint density at radius 1 is 1.21 bits per heavy atom. The van der Waals surface area contributed by atoms with Gasteiger partial charge in [0.15, 0.2) is 0 Å². The second-order valence-electron chi connectivity index (χ2n) is 7.37. The fourth-order valence-corrected chi connectivity index (χ4v) is 4.24. The van der Waals surface area contributed by atoms with Gasteiger partial charge < -0.3 is 4.74 Å². The maximum atomic E-state index is 13.3. The summed E-state index contributed by atoms with van der Waals surface area (Å²) in [5.41, 5.74) is 1.53. The number of hydrogen-bond acceptors (Lipinski definition) is 4. The molecule has 1 N–H and O–H groups in total. The summed E-state index contributed by atoms with van der Waals surface area (Å²) in [6.45, 7) is 0.594. The van der Waals surface area contributed by atoms with Crippen molar-refractivity contribution in [2.24, 2.45) is 0 Å². The van der Waals surface area contributed by atoms with Crippen LogP contribution in [0.4, 0.5) is 5.95 Å². The van der Waals surface area contributed by atoms with E-state index in [4.69, 9.17) is 4.74 Å². The normalized spacial score (nSPS) is 15.2. The van der Waals surface area contributed by atoms with Crippen molar-refractivity contribution >= 4 is 27.8 Å². The molecule has 150 valence electrons. The molecule has 1 amide bonds. The monoisotopic (exact) mass is 454 g/mol. The first-order chi connectivity index (χ1) is 14.1. The highest BCUT2D eigenvalue weighted by atomic mass is 79.9. The van der Waals surface area contributed by atoms with Crippen LogP contribution in [0.5, 0.6) is 5.75 Å². The highest BCUT2D eigenvalue weighted by molar-refractivity contribution is 9.10. The average Bonchev–Trinajstić information content (AvgIpc) is 3.40. The molecule has 0 saturated heterocycles. The number of carbonyl (C=O) groups excluding carboxylic acids is 1. The number of ether oxygens (including phenoxy) is 1. The van der Waals surface area contributed by atoms with E-state index in [1.54, 1.807) is 18.1 Å². The minimum atomic E-state index is -0.564. The summed E-state index contributed by atoms with van der Waals surface area (Å²) in [5, 5.41) is 7.38. The fourth-order valence-electron chi connectivity index (χ4n) is 3.97. The minimum Gasteiger partial charge on any atom is -0.497 e. The number of carbonyl (C=O) groups is 1. The first-order valence-corrected chi connectivity index (χ1v) is 10.5. The van der Waals surface area contributed by atoms with Gasteiger partial charge in [-0.25, -0.2) is 9.67 Å². The predicted molar refractivity (Wildman–Crippen MR) is 115 cm³/mol. The van der Waals surface area contributed by atoms with Gasteiger partial charge in [-0.3, -0.25) is 10.1 Å². The Hall–Kier alpha value is -2.67. The number of hydrogen-bond donors (Lipinski definition) is 1. The van der Waals surface area contributed by atoms with Crippen molar-refractivity contribution in [3.8, 4) is 5.75 Å². The smallest absolute Gasteiger partial charge is 0.248 e. The summed E-state index contributed by atoms with van der Waals surface area (Å²) >= 11 is 3.44. The highest BCUT2D eigenvalue weighted by Gasteiger charge is 2.43. The predicted octanol–water partition coefficient (Wildman–Crippen LogP) is 4.55. The van der Waals surface area contributed by atoms with Gasteiger partial charge in [-0.1, -0.05) is 53.0 Å². The van der Waals surface area contributed by atoms with Crippen LogP contribution in [0.2, 0.25) is 0 Å². The van der Waals surface area contributed by atoms with Crippen molar-refractivity contribution in [1.29, 1.82) is 0 Å². The van der Waals surface area contributed by atoms with Crippen LogP contribution in [0.3, 0.4) is 0 Å². The van der Waals surface area contributed by atoms with Gasteiger partial charge in [0, 0.05) is 4.47 Å². The number of nitrogens with one attached hydrogen (secondary N) is 1. The topological polar surface area (TPSA) is 69.0 Å². The molecule has 0 radical (unpaired) electrons. The van der Waals surface area contributed by atoms with Crippen LogP contribution >= 0.6 is 15.9 Å². The molecule has 4 rings (SSSR count). The summed E-state index contributed by atoms with van der Waals surface area (Å²) < 4.78 is 8.12. The van der Waals surface area contributed by atoms with Crippen molar-refractivity contribution in [2.45, 2.75) is 37.6 Å². The number of rotatable bonds is 6. The van der Waals surface area contributed by atoms with Crippen molar-refractivity contribution in [1.82, 2.24) is 14.8 Å². The van der Waals surface area contributed by atoms with Crippen molar-refractivity contribution in [3.63, 3.8) is 0 Å². The largest absolute Gasteiger partial charge is 0.497 e. The van der Waals surface area contributed by atoms with Gasteiger partial charge in [0.2, 0.25) is 11.9 Å². The van der Waals surface area contributed by atoms with Crippen LogP contribution in [0.1, 0.15) is 36.8 Å². The second kappa shape index (κ2) is 8.37.